The van der Waals surface area contributed by atoms with Crippen LogP contribution in [0.25, 0.3) is 0 Å². The van der Waals surface area contributed by atoms with Crippen molar-refractivity contribution in [2.75, 3.05) is 0 Å². The predicted molar refractivity (Wildman–Crippen MR) is 55.4 cm³/mol. The maximum Gasteiger partial charge on any atom is 0.433 e. The zero-order valence-corrected chi connectivity index (χ0v) is 9.56. The molecule has 2 nitrogen and oxygen atoms in total. The fourth-order valence-electron chi connectivity index (χ4n) is 1.20. The van der Waals surface area contributed by atoms with Crippen LogP contribution in [0.15, 0.2) is 12.2 Å². The number of carbonyl (C=O) groups is 1. The summed E-state index contributed by atoms with van der Waals surface area (Å²) in [5.74, 6) is -2.50. The maximum atomic E-state index is 13.2. The standard InChI is InChI=1S/C11H16F4O2/c1-2-3-4-5-6-7-8-10(12,9(16)17)11(13,14)15/h6-7H,2-5,8H2,1H3,(H,16,17)/b7-6+. The second-order valence-corrected chi connectivity index (χ2v) is 3.78. The molecule has 0 bridgehead atoms. The summed E-state index contributed by atoms with van der Waals surface area (Å²) >= 11 is 0. The van der Waals surface area contributed by atoms with Crippen molar-refractivity contribution in [3.63, 3.8) is 0 Å². The van der Waals surface area contributed by atoms with Gasteiger partial charge in [-0.1, -0.05) is 31.9 Å². The summed E-state index contributed by atoms with van der Waals surface area (Å²) in [6.45, 7) is 1.98. The van der Waals surface area contributed by atoms with Crippen LogP contribution in [0, 0.1) is 0 Å². The Hall–Kier alpha value is -1.07. The number of allylic oxidation sites excluding steroid dienone is 2. The molecule has 17 heavy (non-hydrogen) atoms. The molecule has 0 aliphatic rings. The van der Waals surface area contributed by atoms with Crippen molar-refractivity contribution in [3.05, 3.63) is 12.2 Å². The Labute approximate surface area is 97.3 Å². The molecule has 0 fully saturated rings. The van der Waals surface area contributed by atoms with Crippen LogP contribution in [-0.4, -0.2) is 22.9 Å². The van der Waals surface area contributed by atoms with E-state index in [0.29, 0.717) is 6.42 Å². The molecule has 6 heteroatoms. The number of alkyl halides is 4. The van der Waals surface area contributed by atoms with E-state index in [-0.39, 0.29) is 0 Å². The highest BCUT2D eigenvalue weighted by Gasteiger charge is 2.61. The number of aliphatic carboxylic acids is 1. The summed E-state index contributed by atoms with van der Waals surface area (Å²) in [5.41, 5.74) is -4.19. The zero-order chi connectivity index (χ0) is 13.5. The lowest BCUT2D eigenvalue weighted by Crippen LogP contribution is -2.47. The Bertz CT molecular complexity index is 273. The van der Waals surface area contributed by atoms with Crippen LogP contribution in [0.2, 0.25) is 0 Å². The van der Waals surface area contributed by atoms with Gasteiger partial charge in [-0.3, -0.25) is 0 Å². The Morgan fingerprint density at radius 2 is 1.76 bits per heavy atom. The van der Waals surface area contributed by atoms with Gasteiger partial charge in [-0.2, -0.15) is 13.2 Å². The first-order valence-corrected chi connectivity index (χ1v) is 5.39. The second-order valence-electron chi connectivity index (χ2n) is 3.78. The summed E-state index contributed by atoms with van der Waals surface area (Å²) in [6.07, 6.45) is -1.02. The largest absolute Gasteiger partial charge is 0.479 e. The number of rotatable bonds is 7. The average Bonchev–Trinajstić information content (AvgIpc) is 2.20. The van der Waals surface area contributed by atoms with E-state index in [1.807, 2.05) is 6.92 Å². The van der Waals surface area contributed by atoms with Crippen molar-refractivity contribution >= 4 is 5.97 Å². The molecule has 1 atom stereocenters. The third kappa shape index (κ3) is 4.75. The number of halogens is 4. The summed E-state index contributed by atoms with van der Waals surface area (Å²) in [7, 11) is 0. The fourth-order valence-corrected chi connectivity index (χ4v) is 1.20. The molecule has 0 aromatic heterocycles. The van der Waals surface area contributed by atoms with Crippen molar-refractivity contribution in [1.82, 2.24) is 0 Å². The van der Waals surface area contributed by atoms with Gasteiger partial charge in [-0.25, -0.2) is 9.18 Å². The first kappa shape index (κ1) is 15.9. The smallest absolute Gasteiger partial charge is 0.433 e. The zero-order valence-electron chi connectivity index (χ0n) is 9.56. The number of hydrogen-bond acceptors (Lipinski definition) is 1. The second kappa shape index (κ2) is 6.61. The third-order valence-corrected chi connectivity index (χ3v) is 2.33. The molecule has 1 N–H and O–H groups in total. The molecule has 0 radical (unpaired) electrons. The predicted octanol–water partition coefficient (Wildman–Crippen LogP) is 3.87. The summed E-state index contributed by atoms with van der Waals surface area (Å²) < 4.78 is 49.8. The van der Waals surface area contributed by atoms with Crippen molar-refractivity contribution in [2.24, 2.45) is 0 Å². The van der Waals surface area contributed by atoms with Crippen LogP contribution in [0.3, 0.4) is 0 Å². The van der Waals surface area contributed by atoms with Gasteiger partial charge >= 0.3 is 17.8 Å². The van der Waals surface area contributed by atoms with Gasteiger partial charge in [0.25, 0.3) is 0 Å². The van der Waals surface area contributed by atoms with Crippen LogP contribution >= 0.6 is 0 Å². The van der Waals surface area contributed by atoms with Crippen molar-refractivity contribution in [1.29, 1.82) is 0 Å². The molecule has 0 heterocycles. The third-order valence-electron chi connectivity index (χ3n) is 2.33. The molecule has 0 aliphatic carbocycles. The molecule has 1 unspecified atom stereocenters. The van der Waals surface area contributed by atoms with Crippen LogP contribution in [0.4, 0.5) is 17.6 Å². The van der Waals surface area contributed by atoms with Crippen molar-refractivity contribution in [3.8, 4) is 0 Å². The first-order chi connectivity index (χ1) is 7.75. The molecular formula is C11H16F4O2. The van der Waals surface area contributed by atoms with Crippen LogP contribution in [-0.2, 0) is 4.79 Å². The van der Waals surface area contributed by atoms with E-state index in [1.54, 1.807) is 0 Å². The number of hydrogen-bond donors (Lipinski definition) is 1. The van der Waals surface area contributed by atoms with Gasteiger partial charge in [0.1, 0.15) is 0 Å². The maximum absolute atomic E-state index is 13.2. The molecule has 0 aliphatic heterocycles. The molecule has 0 amide bonds. The first-order valence-electron chi connectivity index (χ1n) is 5.39. The lowest BCUT2D eigenvalue weighted by Gasteiger charge is -2.21. The van der Waals surface area contributed by atoms with E-state index in [0.717, 1.165) is 25.3 Å². The molecule has 0 rings (SSSR count). The summed E-state index contributed by atoms with van der Waals surface area (Å²) in [4.78, 5) is 10.3. The summed E-state index contributed by atoms with van der Waals surface area (Å²) in [5, 5.41) is 8.28. The van der Waals surface area contributed by atoms with Crippen molar-refractivity contribution in [2.45, 2.75) is 50.9 Å². The average molecular weight is 256 g/mol. The fraction of sp³-hybridized carbons (Fsp3) is 0.727. The number of unbranched alkanes of at least 4 members (excludes halogenated alkanes) is 3. The Morgan fingerprint density at radius 3 is 2.18 bits per heavy atom. The van der Waals surface area contributed by atoms with E-state index in [4.69, 9.17) is 5.11 Å². The molecule has 0 aromatic rings. The lowest BCUT2D eigenvalue weighted by atomic mass is 10.0. The molecule has 0 spiro atoms. The van der Waals surface area contributed by atoms with Gasteiger partial charge in [0, 0.05) is 6.42 Å². The quantitative estimate of drug-likeness (QED) is 0.426. The Balaban J connectivity index is 4.34. The van der Waals surface area contributed by atoms with Gasteiger partial charge in [0.2, 0.25) is 0 Å². The Kier molecular flexibility index (Phi) is 6.20. The highest BCUT2D eigenvalue weighted by molar-refractivity contribution is 5.78. The highest BCUT2D eigenvalue weighted by atomic mass is 19.4. The topological polar surface area (TPSA) is 37.3 Å². The van der Waals surface area contributed by atoms with Crippen LogP contribution < -0.4 is 0 Å². The molecule has 0 saturated carbocycles. The number of carboxylic acid groups (broad SMARTS) is 1. The van der Waals surface area contributed by atoms with Crippen molar-refractivity contribution < 1.29 is 27.5 Å². The van der Waals surface area contributed by atoms with E-state index >= 15 is 0 Å². The normalized spacial score (nSPS) is 16.1. The van der Waals surface area contributed by atoms with Gasteiger partial charge < -0.3 is 5.11 Å². The van der Waals surface area contributed by atoms with Crippen LogP contribution in [0.5, 0.6) is 0 Å². The lowest BCUT2D eigenvalue weighted by molar-refractivity contribution is -0.235. The number of carboxylic acids is 1. The van der Waals surface area contributed by atoms with Crippen LogP contribution in [0.1, 0.15) is 39.0 Å². The van der Waals surface area contributed by atoms with Gasteiger partial charge in [-0.15, -0.1) is 0 Å². The summed E-state index contributed by atoms with van der Waals surface area (Å²) in [6, 6.07) is 0. The van der Waals surface area contributed by atoms with E-state index in [9.17, 15) is 22.4 Å². The van der Waals surface area contributed by atoms with Gasteiger partial charge in [-0.05, 0) is 12.8 Å². The van der Waals surface area contributed by atoms with Gasteiger partial charge in [0.15, 0.2) is 0 Å². The van der Waals surface area contributed by atoms with E-state index in [2.05, 4.69) is 0 Å². The minimum Gasteiger partial charge on any atom is -0.479 e. The SMILES string of the molecule is CCCCC/C=C/CC(F)(C(=O)O)C(F)(F)F. The van der Waals surface area contributed by atoms with E-state index in [1.165, 1.54) is 6.08 Å². The van der Waals surface area contributed by atoms with Gasteiger partial charge in [0.05, 0.1) is 0 Å². The monoisotopic (exact) mass is 256 g/mol. The molecule has 100 valence electrons. The van der Waals surface area contributed by atoms with E-state index < -0.39 is 24.2 Å². The Morgan fingerprint density at radius 1 is 1.18 bits per heavy atom. The minimum absolute atomic E-state index is 0.529. The molecular weight excluding hydrogens is 240 g/mol. The minimum atomic E-state index is -5.40. The molecule has 0 aromatic carbocycles. The highest BCUT2D eigenvalue weighted by Crippen LogP contribution is 2.37. The molecule has 0 saturated heterocycles.